The van der Waals surface area contributed by atoms with Gasteiger partial charge in [0.1, 0.15) is 0 Å². The summed E-state index contributed by atoms with van der Waals surface area (Å²) < 4.78 is 11.8. The zero-order valence-corrected chi connectivity index (χ0v) is 13.7. The lowest BCUT2D eigenvalue weighted by Crippen LogP contribution is -2.25. The van der Waals surface area contributed by atoms with Gasteiger partial charge in [-0.1, -0.05) is 78.9 Å². The SMILES string of the molecule is O=C(OC1(Cc2ccccc2)OC1c1ccccc1)c1ccccc1. The highest BCUT2D eigenvalue weighted by atomic mass is 16.8. The molecular weight excluding hydrogens is 312 g/mol. The number of carbonyl (C=O) groups is 1. The van der Waals surface area contributed by atoms with Crippen molar-refractivity contribution in [3.05, 3.63) is 108 Å². The van der Waals surface area contributed by atoms with E-state index in [4.69, 9.17) is 9.47 Å². The lowest BCUT2D eigenvalue weighted by atomic mass is 10.0. The fourth-order valence-electron chi connectivity index (χ4n) is 3.03. The number of ether oxygens (including phenoxy) is 2. The summed E-state index contributed by atoms with van der Waals surface area (Å²) in [7, 11) is 0. The van der Waals surface area contributed by atoms with Crippen LogP contribution in [0, 0.1) is 0 Å². The van der Waals surface area contributed by atoms with E-state index in [1.54, 1.807) is 12.1 Å². The molecule has 1 fully saturated rings. The average molecular weight is 330 g/mol. The minimum Gasteiger partial charge on any atom is -0.426 e. The van der Waals surface area contributed by atoms with E-state index in [0.29, 0.717) is 12.0 Å². The number of benzene rings is 3. The van der Waals surface area contributed by atoms with Crippen LogP contribution in [0.5, 0.6) is 0 Å². The van der Waals surface area contributed by atoms with Gasteiger partial charge in [-0.3, -0.25) is 0 Å². The van der Waals surface area contributed by atoms with Gasteiger partial charge in [0.2, 0.25) is 5.79 Å². The molecule has 3 aromatic rings. The molecule has 0 aromatic heterocycles. The summed E-state index contributed by atoms with van der Waals surface area (Å²) in [6.45, 7) is 0. The van der Waals surface area contributed by atoms with Crippen molar-refractivity contribution in [3.8, 4) is 0 Å². The number of hydrogen-bond acceptors (Lipinski definition) is 3. The number of epoxide rings is 1. The first-order valence-electron chi connectivity index (χ1n) is 8.32. The number of hydrogen-bond donors (Lipinski definition) is 0. The molecule has 0 amide bonds. The molecule has 4 rings (SSSR count). The zero-order valence-electron chi connectivity index (χ0n) is 13.7. The molecule has 0 spiro atoms. The van der Waals surface area contributed by atoms with Gasteiger partial charge in [0, 0.05) is 6.42 Å². The first kappa shape index (κ1) is 15.6. The molecule has 1 heterocycles. The van der Waals surface area contributed by atoms with Crippen LogP contribution in [0.3, 0.4) is 0 Å². The summed E-state index contributed by atoms with van der Waals surface area (Å²) in [6, 6.07) is 28.8. The molecule has 0 aliphatic carbocycles. The van der Waals surface area contributed by atoms with E-state index < -0.39 is 5.79 Å². The molecule has 1 aliphatic heterocycles. The smallest absolute Gasteiger partial charge is 0.340 e. The normalized spacial score (nSPS) is 21.5. The van der Waals surface area contributed by atoms with E-state index in [2.05, 4.69) is 0 Å². The fourth-order valence-corrected chi connectivity index (χ4v) is 3.03. The Hall–Kier alpha value is -2.91. The molecule has 3 heteroatoms. The van der Waals surface area contributed by atoms with Crippen molar-refractivity contribution >= 4 is 5.97 Å². The fraction of sp³-hybridized carbons (Fsp3) is 0.136. The van der Waals surface area contributed by atoms with Crippen molar-refractivity contribution in [1.29, 1.82) is 0 Å². The molecule has 1 saturated heterocycles. The molecule has 25 heavy (non-hydrogen) atoms. The third-order valence-corrected chi connectivity index (χ3v) is 4.33. The van der Waals surface area contributed by atoms with Gasteiger partial charge in [0.25, 0.3) is 0 Å². The molecule has 0 N–H and O–H groups in total. The third kappa shape index (κ3) is 3.32. The highest BCUT2D eigenvalue weighted by molar-refractivity contribution is 5.89. The first-order chi connectivity index (χ1) is 12.3. The molecule has 3 nitrogen and oxygen atoms in total. The van der Waals surface area contributed by atoms with Gasteiger partial charge < -0.3 is 9.47 Å². The highest BCUT2D eigenvalue weighted by Gasteiger charge is 2.61. The summed E-state index contributed by atoms with van der Waals surface area (Å²) in [5.74, 6) is -1.31. The van der Waals surface area contributed by atoms with Crippen molar-refractivity contribution in [2.24, 2.45) is 0 Å². The Morgan fingerprint density at radius 2 is 1.40 bits per heavy atom. The van der Waals surface area contributed by atoms with Gasteiger partial charge in [0.15, 0.2) is 6.10 Å². The van der Waals surface area contributed by atoms with Crippen molar-refractivity contribution in [2.75, 3.05) is 0 Å². The van der Waals surface area contributed by atoms with E-state index in [-0.39, 0.29) is 12.1 Å². The van der Waals surface area contributed by atoms with Gasteiger partial charge in [-0.2, -0.15) is 0 Å². The van der Waals surface area contributed by atoms with E-state index in [1.165, 1.54) is 0 Å². The summed E-state index contributed by atoms with van der Waals surface area (Å²) in [6.07, 6.45) is 0.271. The van der Waals surface area contributed by atoms with Gasteiger partial charge in [-0.25, -0.2) is 4.79 Å². The minimum atomic E-state index is -0.949. The van der Waals surface area contributed by atoms with Crippen LogP contribution >= 0.6 is 0 Å². The molecule has 3 aromatic carbocycles. The van der Waals surface area contributed by atoms with Crippen LogP contribution in [0.25, 0.3) is 0 Å². The lowest BCUT2D eigenvalue weighted by Gasteiger charge is -2.15. The second kappa shape index (κ2) is 6.54. The maximum Gasteiger partial charge on any atom is 0.340 e. The van der Waals surface area contributed by atoms with E-state index in [9.17, 15) is 4.79 Å². The van der Waals surface area contributed by atoms with Crippen LogP contribution in [0.1, 0.15) is 27.6 Å². The largest absolute Gasteiger partial charge is 0.426 e. The number of esters is 1. The van der Waals surface area contributed by atoms with E-state index in [0.717, 1.165) is 11.1 Å². The number of carbonyl (C=O) groups excluding carboxylic acids is 1. The molecule has 2 atom stereocenters. The van der Waals surface area contributed by atoms with Gasteiger partial charge in [0.05, 0.1) is 5.56 Å². The van der Waals surface area contributed by atoms with Crippen LogP contribution < -0.4 is 0 Å². The number of rotatable bonds is 5. The Labute approximate surface area is 146 Å². The second-order valence-corrected chi connectivity index (χ2v) is 6.14. The Morgan fingerprint density at radius 3 is 2.04 bits per heavy atom. The Bertz CT molecular complexity index is 846. The zero-order chi connectivity index (χ0) is 17.1. The minimum absolute atomic E-state index is 0.249. The standard InChI is InChI=1S/C22H18O3/c23-21(19-14-8-3-9-15-19)25-22(16-17-10-4-1-5-11-17)20(24-22)18-12-6-2-7-13-18/h1-15,20H,16H2. The summed E-state index contributed by atoms with van der Waals surface area (Å²) in [5.41, 5.74) is 2.61. The third-order valence-electron chi connectivity index (χ3n) is 4.33. The van der Waals surface area contributed by atoms with E-state index >= 15 is 0 Å². The predicted octanol–water partition coefficient (Wildman–Crippen LogP) is 4.55. The topological polar surface area (TPSA) is 38.8 Å². The predicted molar refractivity (Wildman–Crippen MR) is 95.0 cm³/mol. The molecule has 0 radical (unpaired) electrons. The van der Waals surface area contributed by atoms with Crippen molar-refractivity contribution < 1.29 is 14.3 Å². The Morgan fingerprint density at radius 1 is 0.840 bits per heavy atom. The molecule has 1 aliphatic rings. The first-order valence-corrected chi connectivity index (χ1v) is 8.32. The molecule has 124 valence electrons. The van der Waals surface area contributed by atoms with Crippen molar-refractivity contribution in [1.82, 2.24) is 0 Å². The van der Waals surface area contributed by atoms with E-state index in [1.807, 2.05) is 78.9 Å². The highest BCUT2D eigenvalue weighted by Crippen LogP contribution is 2.52. The Balaban J connectivity index is 1.60. The maximum atomic E-state index is 12.6. The molecular formula is C22H18O3. The van der Waals surface area contributed by atoms with Gasteiger partial charge in [-0.05, 0) is 23.3 Å². The van der Waals surface area contributed by atoms with Crippen LogP contribution in [-0.4, -0.2) is 11.8 Å². The van der Waals surface area contributed by atoms with Crippen LogP contribution in [0.4, 0.5) is 0 Å². The molecule has 2 unspecified atom stereocenters. The van der Waals surface area contributed by atoms with Crippen molar-refractivity contribution in [3.63, 3.8) is 0 Å². The van der Waals surface area contributed by atoms with Crippen LogP contribution in [-0.2, 0) is 15.9 Å². The quantitative estimate of drug-likeness (QED) is 0.509. The Kier molecular flexibility index (Phi) is 4.08. The van der Waals surface area contributed by atoms with Crippen molar-refractivity contribution in [2.45, 2.75) is 18.3 Å². The molecule has 0 saturated carbocycles. The summed E-state index contributed by atoms with van der Waals surface area (Å²) in [4.78, 5) is 12.6. The van der Waals surface area contributed by atoms with Crippen LogP contribution in [0.15, 0.2) is 91.0 Å². The summed E-state index contributed by atoms with van der Waals surface area (Å²) >= 11 is 0. The van der Waals surface area contributed by atoms with Gasteiger partial charge in [-0.15, -0.1) is 0 Å². The molecule has 0 bridgehead atoms. The lowest BCUT2D eigenvalue weighted by molar-refractivity contribution is -0.0179. The average Bonchev–Trinajstić information content (AvgIpc) is 3.37. The summed E-state index contributed by atoms with van der Waals surface area (Å²) in [5, 5.41) is 0. The maximum absolute atomic E-state index is 12.6. The second-order valence-electron chi connectivity index (χ2n) is 6.14. The van der Waals surface area contributed by atoms with Gasteiger partial charge >= 0.3 is 5.97 Å². The monoisotopic (exact) mass is 330 g/mol. The van der Waals surface area contributed by atoms with Crippen LogP contribution in [0.2, 0.25) is 0 Å².